The van der Waals surface area contributed by atoms with Crippen LogP contribution < -0.4 is 4.90 Å². The first-order chi connectivity index (χ1) is 13.6. The van der Waals surface area contributed by atoms with E-state index in [0.717, 1.165) is 17.2 Å². The van der Waals surface area contributed by atoms with Gasteiger partial charge in [-0.05, 0) is 42.5 Å². The van der Waals surface area contributed by atoms with Crippen molar-refractivity contribution in [3.63, 3.8) is 0 Å². The predicted molar refractivity (Wildman–Crippen MR) is 110 cm³/mol. The second-order valence-corrected chi connectivity index (χ2v) is 7.21. The lowest BCUT2D eigenvalue weighted by molar-refractivity contribution is 0.0746. The zero-order chi connectivity index (χ0) is 19.5. The average molecular weight is 414 g/mol. The summed E-state index contributed by atoms with van der Waals surface area (Å²) in [6, 6.07) is 14.5. The van der Waals surface area contributed by atoms with Crippen molar-refractivity contribution in [1.29, 1.82) is 0 Å². The van der Waals surface area contributed by atoms with Crippen LogP contribution in [0.5, 0.6) is 0 Å². The van der Waals surface area contributed by atoms with Crippen LogP contribution >= 0.6 is 23.2 Å². The third-order valence-corrected chi connectivity index (χ3v) is 5.37. The molecule has 1 aliphatic heterocycles. The van der Waals surface area contributed by atoms with Crippen LogP contribution in [-0.2, 0) is 0 Å². The molecule has 0 aliphatic carbocycles. The first kappa shape index (κ1) is 18.7. The molecular weight excluding hydrogens is 397 g/mol. The highest BCUT2D eigenvalue weighted by Gasteiger charge is 2.23. The minimum Gasteiger partial charge on any atom is -0.352 e. The van der Waals surface area contributed by atoms with Gasteiger partial charge in [0.05, 0.1) is 15.7 Å². The van der Waals surface area contributed by atoms with Gasteiger partial charge in [-0.25, -0.2) is 0 Å². The Hall–Kier alpha value is -2.70. The van der Waals surface area contributed by atoms with E-state index >= 15 is 0 Å². The lowest BCUT2D eigenvalue weighted by atomic mass is 10.2. The number of rotatable bonds is 3. The summed E-state index contributed by atoms with van der Waals surface area (Å²) in [5, 5.41) is 9.43. The maximum absolute atomic E-state index is 12.7. The molecule has 0 saturated carbocycles. The molecule has 1 amide bonds. The van der Waals surface area contributed by atoms with Crippen LogP contribution in [-0.4, -0.2) is 52.2 Å². The Morgan fingerprint density at radius 2 is 1.68 bits per heavy atom. The molecule has 2 aromatic heterocycles. The Morgan fingerprint density at radius 1 is 0.857 bits per heavy atom. The van der Waals surface area contributed by atoms with E-state index in [1.807, 2.05) is 35.2 Å². The predicted octanol–water partition coefficient (Wildman–Crippen LogP) is 3.81. The molecule has 3 heterocycles. The molecule has 0 bridgehead atoms. The molecule has 6 nitrogen and oxygen atoms in total. The number of benzene rings is 1. The van der Waals surface area contributed by atoms with E-state index in [1.54, 1.807) is 24.4 Å². The number of hydrogen-bond donors (Lipinski definition) is 0. The Bertz CT molecular complexity index is 974. The van der Waals surface area contributed by atoms with Crippen molar-refractivity contribution in [3.05, 3.63) is 70.3 Å². The summed E-state index contributed by atoms with van der Waals surface area (Å²) in [6.07, 6.45) is 1.73. The largest absolute Gasteiger partial charge is 0.352 e. The normalized spacial score (nSPS) is 14.2. The molecule has 0 spiro atoms. The maximum Gasteiger partial charge on any atom is 0.254 e. The highest BCUT2D eigenvalue weighted by Crippen LogP contribution is 2.24. The first-order valence-corrected chi connectivity index (χ1v) is 9.62. The van der Waals surface area contributed by atoms with Crippen molar-refractivity contribution in [3.8, 4) is 11.4 Å². The Morgan fingerprint density at radius 3 is 2.32 bits per heavy atom. The van der Waals surface area contributed by atoms with E-state index in [2.05, 4.69) is 20.1 Å². The molecule has 8 heteroatoms. The molecule has 0 unspecified atom stereocenters. The third kappa shape index (κ3) is 3.93. The quantitative estimate of drug-likeness (QED) is 0.653. The minimum absolute atomic E-state index is 0.0465. The van der Waals surface area contributed by atoms with Gasteiger partial charge in [0, 0.05) is 37.9 Å². The number of amides is 1. The van der Waals surface area contributed by atoms with Crippen LogP contribution in [0.4, 0.5) is 5.82 Å². The second kappa shape index (κ2) is 8.12. The fourth-order valence-corrected chi connectivity index (χ4v) is 3.39. The number of hydrogen-bond acceptors (Lipinski definition) is 5. The van der Waals surface area contributed by atoms with Gasteiger partial charge in [0.15, 0.2) is 5.82 Å². The van der Waals surface area contributed by atoms with Crippen molar-refractivity contribution in [2.24, 2.45) is 0 Å². The molecule has 0 radical (unpaired) electrons. The zero-order valence-corrected chi connectivity index (χ0v) is 16.4. The molecule has 4 rings (SSSR count). The number of carbonyl (C=O) groups excluding carboxylic acids is 1. The summed E-state index contributed by atoms with van der Waals surface area (Å²) >= 11 is 12.0. The molecule has 0 atom stereocenters. The summed E-state index contributed by atoms with van der Waals surface area (Å²) in [7, 11) is 0. The van der Waals surface area contributed by atoms with E-state index in [-0.39, 0.29) is 5.91 Å². The lowest BCUT2D eigenvalue weighted by Crippen LogP contribution is -2.49. The number of pyridine rings is 1. The fraction of sp³-hybridized carbons (Fsp3) is 0.200. The van der Waals surface area contributed by atoms with Crippen LogP contribution in [0, 0.1) is 0 Å². The zero-order valence-electron chi connectivity index (χ0n) is 14.9. The second-order valence-electron chi connectivity index (χ2n) is 6.40. The molecule has 3 aromatic rings. The summed E-state index contributed by atoms with van der Waals surface area (Å²) in [5.74, 6) is 0.746. The number of piperazine rings is 1. The fourth-order valence-electron chi connectivity index (χ4n) is 3.10. The first-order valence-electron chi connectivity index (χ1n) is 8.86. The van der Waals surface area contributed by atoms with E-state index in [1.165, 1.54) is 0 Å². The SMILES string of the molecule is O=C(c1ccc(Cl)c(Cl)c1)N1CCN(c2ccc(-c3ccccn3)nn2)CC1. The molecular formula is C20H17Cl2N5O. The van der Waals surface area contributed by atoms with Gasteiger partial charge >= 0.3 is 0 Å². The van der Waals surface area contributed by atoms with Crippen molar-refractivity contribution in [2.75, 3.05) is 31.1 Å². The number of aromatic nitrogens is 3. The van der Waals surface area contributed by atoms with Crippen LogP contribution in [0.25, 0.3) is 11.4 Å². The van der Waals surface area contributed by atoms with Crippen molar-refractivity contribution in [2.45, 2.75) is 0 Å². The van der Waals surface area contributed by atoms with Gasteiger partial charge in [-0.3, -0.25) is 9.78 Å². The van der Waals surface area contributed by atoms with Crippen LogP contribution in [0.2, 0.25) is 10.0 Å². The van der Waals surface area contributed by atoms with Crippen LogP contribution in [0.15, 0.2) is 54.7 Å². The monoisotopic (exact) mass is 413 g/mol. The van der Waals surface area contributed by atoms with E-state index in [4.69, 9.17) is 23.2 Å². The van der Waals surface area contributed by atoms with Gasteiger partial charge in [0.25, 0.3) is 5.91 Å². The molecule has 28 heavy (non-hydrogen) atoms. The lowest BCUT2D eigenvalue weighted by Gasteiger charge is -2.35. The van der Waals surface area contributed by atoms with Gasteiger partial charge in [-0.2, -0.15) is 0 Å². The van der Waals surface area contributed by atoms with Gasteiger partial charge in [0.2, 0.25) is 0 Å². The Kier molecular flexibility index (Phi) is 5.41. The van der Waals surface area contributed by atoms with Crippen LogP contribution in [0.3, 0.4) is 0 Å². The van der Waals surface area contributed by atoms with Crippen molar-refractivity contribution in [1.82, 2.24) is 20.1 Å². The molecule has 1 saturated heterocycles. The van der Waals surface area contributed by atoms with E-state index < -0.39 is 0 Å². The molecule has 0 N–H and O–H groups in total. The van der Waals surface area contributed by atoms with Crippen molar-refractivity contribution >= 4 is 34.9 Å². The average Bonchev–Trinajstić information content (AvgIpc) is 2.76. The summed E-state index contributed by atoms with van der Waals surface area (Å²) in [5.41, 5.74) is 2.07. The summed E-state index contributed by atoms with van der Waals surface area (Å²) < 4.78 is 0. The summed E-state index contributed by atoms with van der Waals surface area (Å²) in [4.78, 5) is 20.9. The van der Waals surface area contributed by atoms with E-state index in [0.29, 0.717) is 41.8 Å². The van der Waals surface area contributed by atoms with Gasteiger partial charge in [0.1, 0.15) is 5.69 Å². The Balaban J connectivity index is 1.40. The molecule has 1 fully saturated rings. The van der Waals surface area contributed by atoms with E-state index in [9.17, 15) is 4.79 Å². The number of nitrogens with zero attached hydrogens (tertiary/aromatic N) is 5. The highest BCUT2D eigenvalue weighted by atomic mass is 35.5. The van der Waals surface area contributed by atoms with Gasteiger partial charge in [-0.15, -0.1) is 10.2 Å². The molecule has 1 aliphatic rings. The minimum atomic E-state index is -0.0465. The highest BCUT2D eigenvalue weighted by molar-refractivity contribution is 6.42. The standard InChI is InChI=1S/C20H17Cl2N5O/c21-15-5-4-14(13-16(15)22)20(28)27-11-9-26(10-12-27)19-7-6-18(24-25-19)17-3-1-2-8-23-17/h1-8,13H,9-12H2. The molecule has 142 valence electrons. The van der Waals surface area contributed by atoms with Gasteiger partial charge in [-0.1, -0.05) is 29.3 Å². The maximum atomic E-state index is 12.7. The van der Waals surface area contributed by atoms with Gasteiger partial charge < -0.3 is 9.80 Å². The molecule has 1 aromatic carbocycles. The Labute approximate surface area is 172 Å². The number of carbonyl (C=O) groups is 1. The number of anilines is 1. The number of halogens is 2. The third-order valence-electron chi connectivity index (χ3n) is 4.64. The van der Waals surface area contributed by atoms with Crippen LogP contribution in [0.1, 0.15) is 10.4 Å². The topological polar surface area (TPSA) is 62.2 Å². The smallest absolute Gasteiger partial charge is 0.254 e. The van der Waals surface area contributed by atoms with Crippen molar-refractivity contribution < 1.29 is 4.79 Å². The summed E-state index contributed by atoms with van der Waals surface area (Å²) in [6.45, 7) is 2.57.